The van der Waals surface area contributed by atoms with Gasteiger partial charge in [-0.3, -0.25) is 9.97 Å². The van der Waals surface area contributed by atoms with E-state index in [4.69, 9.17) is 19.9 Å². The molecule has 0 unspecified atom stereocenters. The molecular weight excluding hydrogens is 817 g/mol. The molecule has 0 radical (unpaired) electrons. The molecular formula is C61H40N6. The Kier molecular flexibility index (Phi) is 10.1. The van der Waals surface area contributed by atoms with Crippen molar-refractivity contribution in [2.24, 2.45) is 0 Å². The van der Waals surface area contributed by atoms with E-state index in [0.29, 0.717) is 5.82 Å². The van der Waals surface area contributed by atoms with Gasteiger partial charge in [-0.1, -0.05) is 170 Å². The fourth-order valence-corrected chi connectivity index (χ4v) is 8.97. The van der Waals surface area contributed by atoms with Crippen LogP contribution in [0.5, 0.6) is 0 Å². The maximum Gasteiger partial charge on any atom is 0.160 e. The third-order valence-corrected chi connectivity index (χ3v) is 12.4. The monoisotopic (exact) mass is 856 g/mol. The van der Waals surface area contributed by atoms with Crippen molar-refractivity contribution in [3.63, 3.8) is 0 Å². The molecule has 0 aliphatic carbocycles. The van der Waals surface area contributed by atoms with Crippen molar-refractivity contribution in [1.29, 1.82) is 0 Å². The Morgan fingerprint density at radius 3 is 1.34 bits per heavy atom. The van der Waals surface area contributed by atoms with Gasteiger partial charge in [0.25, 0.3) is 0 Å². The van der Waals surface area contributed by atoms with E-state index in [1.165, 1.54) is 21.8 Å². The van der Waals surface area contributed by atoms with Crippen LogP contribution in [0.3, 0.4) is 0 Å². The highest BCUT2D eigenvalue weighted by Gasteiger charge is 2.16. The van der Waals surface area contributed by atoms with Crippen molar-refractivity contribution in [3.8, 4) is 95.7 Å². The van der Waals surface area contributed by atoms with Crippen molar-refractivity contribution >= 4 is 21.8 Å². The van der Waals surface area contributed by atoms with E-state index in [1.807, 2.05) is 67.0 Å². The highest BCUT2D eigenvalue weighted by atomic mass is 15.0. The molecule has 6 nitrogen and oxygen atoms in total. The standard InChI is InChI=1S/C61H40N6/c1-3-14-44(15-4-1)55-39-56(45-16-5-2-6-17-45)66-61(65-55)46-31-29-42(30-32-46)41-25-27-43(28-26-41)48-33-34-54(63-40-48)58-38-49(37-57(64-58)53-22-11-12-35-62-53)47-18-13-19-50(36-47)67-59-23-9-7-20-51(59)52-21-8-10-24-60(52)67/h1-40H. The predicted octanol–water partition coefficient (Wildman–Crippen LogP) is 15.1. The van der Waals surface area contributed by atoms with Gasteiger partial charge in [0, 0.05) is 51.1 Å². The van der Waals surface area contributed by atoms with Crippen molar-refractivity contribution in [2.45, 2.75) is 0 Å². The van der Waals surface area contributed by atoms with Crippen LogP contribution in [0.4, 0.5) is 0 Å². The zero-order valence-corrected chi connectivity index (χ0v) is 36.3. The lowest BCUT2D eigenvalue weighted by molar-refractivity contribution is 1.18. The number of benzene rings is 7. The summed E-state index contributed by atoms with van der Waals surface area (Å²) in [6, 6.07) is 80.0. The first-order valence-corrected chi connectivity index (χ1v) is 22.4. The fourth-order valence-electron chi connectivity index (χ4n) is 8.97. The summed E-state index contributed by atoms with van der Waals surface area (Å²) in [6.45, 7) is 0. The van der Waals surface area contributed by atoms with E-state index in [0.717, 1.165) is 89.9 Å². The van der Waals surface area contributed by atoms with Crippen LogP contribution in [0.15, 0.2) is 243 Å². The SMILES string of the molecule is c1ccc(-c2cc(-c3ccccc3)nc(-c3ccc(-c4ccc(-c5ccc(-c6cc(-c7cccc(-n8c9ccccc9c9ccccc98)c7)cc(-c7ccccn7)n6)nc5)cc4)cc3)n2)cc1. The molecule has 7 aromatic carbocycles. The molecule has 12 aromatic rings. The van der Waals surface area contributed by atoms with Crippen molar-refractivity contribution in [3.05, 3.63) is 243 Å². The summed E-state index contributed by atoms with van der Waals surface area (Å²) in [5, 5.41) is 2.47. The van der Waals surface area contributed by atoms with Crippen LogP contribution >= 0.6 is 0 Å². The van der Waals surface area contributed by atoms with Crippen molar-refractivity contribution in [2.75, 3.05) is 0 Å². The van der Waals surface area contributed by atoms with Crippen LogP contribution in [-0.2, 0) is 0 Å². The molecule has 0 saturated heterocycles. The molecule has 0 saturated carbocycles. The van der Waals surface area contributed by atoms with Gasteiger partial charge in [0.15, 0.2) is 5.82 Å². The first-order chi connectivity index (χ1) is 33.2. The number of para-hydroxylation sites is 2. The Balaban J connectivity index is 0.829. The number of hydrogen-bond donors (Lipinski definition) is 0. The second-order valence-electron chi connectivity index (χ2n) is 16.5. The maximum absolute atomic E-state index is 5.12. The van der Waals surface area contributed by atoms with Gasteiger partial charge in [0.2, 0.25) is 0 Å². The number of rotatable bonds is 9. The molecule has 12 rings (SSSR count). The van der Waals surface area contributed by atoms with Gasteiger partial charge in [0.1, 0.15) is 0 Å². The largest absolute Gasteiger partial charge is 0.309 e. The van der Waals surface area contributed by atoms with E-state index in [9.17, 15) is 0 Å². The number of aromatic nitrogens is 6. The smallest absolute Gasteiger partial charge is 0.160 e. The first kappa shape index (κ1) is 39.5. The summed E-state index contributed by atoms with van der Waals surface area (Å²) in [4.78, 5) is 24.8. The van der Waals surface area contributed by atoms with E-state index in [1.54, 1.807) is 0 Å². The molecule has 5 aromatic heterocycles. The zero-order chi connectivity index (χ0) is 44.5. The molecule has 6 heteroatoms. The molecule has 0 N–H and O–H groups in total. The van der Waals surface area contributed by atoms with Gasteiger partial charge in [-0.15, -0.1) is 0 Å². The molecule has 5 heterocycles. The van der Waals surface area contributed by atoms with E-state index >= 15 is 0 Å². The minimum absolute atomic E-state index is 0.692. The first-order valence-electron chi connectivity index (χ1n) is 22.4. The van der Waals surface area contributed by atoms with Crippen LogP contribution in [0.25, 0.3) is 118 Å². The molecule has 0 amide bonds. The molecule has 0 bridgehead atoms. The minimum Gasteiger partial charge on any atom is -0.309 e. The maximum atomic E-state index is 5.12. The van der Waals surface area contributed by atoms with Crippen LogP contribution < -0.4 is 0 Å². The van der Waals surface area contributed by atoms with Gasteiger partial charge in [-0.25, -0.2) is 15.0 Å². The zero-order valence-electron chi connectivity index (χ0n) is 36.3. The van der Waals surface area contributed by atoms with E-state index in [-0.39, 0.29) is 0 Å². The van der Waals surface area contributed by atoms with Crippen LogP contribution in [0.1, 0.15) is 0 Å². The number of pyridine rings is 3. The fraction of sp³-hybridized carbons (Fsp3) is 0. The summed E-state index contributed by atoms with van der Waals surface area (Å²) in [7, 11) is 0. The molecule has 0 atom stereocenters. The summed E-state index contributed by atoms with van der Waals surface area (Å²) in [6.07, 6.45) is 3.74. The quantitative estimate of drug-likeness (QED) is 0.145. The second-order valence-corrected chi connectivity index (χ2v) is 16.5. The van der Waals surface area contributed by atoms with E-state index < -0.39 is 0 Å². The second kappa shape index (κ2) is 17.1. The van der Waals surface area contributed by atoms with Gasteiger partial charge < -0.3 is 4.57 Å². The van der Waals surface area contributed by atoms with Gasteiger partial charge in [-0.2, -0.15) is 0 Å². The van der Waals surface area contributed by atoms with Crippen molar-refractivity contribution in [1.82, 2.24) is 29.5 Å². The molecule has 0 spiro atoms. The lowest BCUT2D eigenvalue weighted by atomic mass is 9.99. The third-order valence-electron chi connectivity index (χ3n) is 12.4. The lowest BCUT2D eigenvalue weighted by Crippen LogP contribution is -1.96. The van der Waals surface area contributed by atoms with Crippen LogP contribution in [0, 0.1) is 0 Å². The summed E-state index contributed by atoms with van der Waals surface area (Å²) >= 11 is 0. The average Bonchev–Trinajstić information content (AvgIpc) is 3.76. The van der Waals surface area contributed by atoms with E-state index in [2.05, 4.69) is 185 Å². The normalized spacial score (nSPS) is 11.3. The Morgan fingerprint density at radius 2 is 0.776 bits per heavy atom. The summed E-state index contributed by atoms with van der Waals surface area (Å²) in [5.74, 6) is 0.692. The Bertz CT molecular complexity index is 3590. The van der Waals surface area contributed by atoms with Gasteiger partial charge in [0.05, 0.1) is 45.2 Å². The van der Waals surface area contributed by atoms with Gasteiger partial charge in [-0.05, 0) is 88.5 Å². The minimum atomic E-state index is 0.692. The lowest BCUT2D eigenvalue weighted by Gasteiger charge is -2.13. The Hall–Kier alpha value is -9.13. The number of fused-ring (bicyclic) bond motifs is 3. The summed E-state index contributed by atoms with van der Waals surface area (Å²) in [5.41, 5.74) is 17.9. The van der Waals surface area contributed by atoms with Crippen LogP contribution in [-0.4, -0.2) is 29.5 Å². The molecule has 0 aliphatic heterocycles. The average molecular weight is 857 g/mol. The highest BCUT2D eigenvalue weighted by molar-refractivity contribution is 6.09. The van der Waals surface area contributed by atoms with Gasteiger partial charge >= 0.3 is 0 Å². The topological polar surface area (TPSA) is 69.4 Å². The Morgan fingerprint density at radius 1 is 0.269 bits per heavy atom. The third kappa shape index (κ3) is 7.73. The number of hydrogen-bond acceptors (Lipinski definition) is 5. The summed E-state index contributed by atoms with van der Waals surface area (Å²) < 4.78 is 2.35. The molecule has 314 valence electrons. The molecule has 67 heavy (non-hydrogen) atoms. The van der Waals surface area contributed by atoms with Crippen molar-refractivity contribution < 1.29 is 0 Å². The highest BCUT2D eigenvalue weighted by Crippen LogP contribution is 2.36. The molecule has 0 aliphatic rings. The molecule has 0 fully saturated rings. The predicted molar refractivity (Wildman–Crippen MR) is 273 cm³/mol. The van der Waals surface area contributed by atoms with Crippen LogP contribution in [0.2, 0.25) is 0 Å². The number of nitrogens with zero attached hydrogens (tertiary/aromatic N) is 6. The Labute approximate surface area is 388 Å².